The SMILES string of the molecule is CC(C)=CCC/C(C)=C/CCCP(=O)(O)O. The second kappa shape index (κ2) is 7.83. The summed E-state index contributed by atoms with van der Waals surface area (Å²) in [4.78, 5) is 17.3. The molecule has 0 fully saturated rings. The van der Waals surface area contributed by atoms with Gasteiger partial charge in [-0.3, -0.25) is 4.57 Å². The van der Waals surface area contributed by atoms with Crippen LogP contribution in [0.15, 0.2) is 23.3 Å². The van der Waals surface area contributed by atoms with E-state index in [0.717, 1.165) is 19.3 Å². The Morgan fingerprint density at radius 1 is 1.12 bits per heavy atom. The van der Waals surface area contributed by atoms with Crippen molar-refractivity contribution in [3.63, 3.8) is 0 Å². The largest absolute Gasteiger partial charge is 0.325 e. The topological polar surface area (TPSA) is 57.5 Å². The molecule has 94 valence electrons. The van der Waals surface area contributed by atoms with E-state index in [1.54, 1.807) is 0 Å². The Labute approximate surface area is 98.4 Å². The molecule has 0 aromatic carbocycles. The lowest BCUT2D eigenvalue weighted by Gasteiger charge is -2.02. The molecule has 0 heterocycles. The molecule has 0 amide bonds. The molecule has 3 nitrogen and oxygen atoms in total. The highest BCUT2D eigenvalue weighted by molar-refractivity contribution is 7.51. The molecule has 0 saturated heterocycles. The Bertz CT molecular complexity index is 295. The molecule has 0 aliphatic heterocycles. The van der Waals surface area contributed by atoms with Crippen molar-refractivity contribution in [1.82, 2.24) is 0 Å². The third kappa shape index (κ3) is 11.7. The van der Waals surface area contributed by atoms with Gasteiger partial charge < -0.3 is 9.79 Å². The first-order valence-corrected chi connectivity index (χ1v) is 7.44. The summed E-state index contributed by atoms with van der Waals surface area (Å²) in [6.07, 6.45) is 7.66. The second-order valence-electron chi connectivity index (χ2n) is 4.40. The fourth-order valence-electron chi connectivity index (χ4n) is 1.34. The summed E-state index contributed by atoms with van der Waals surface area (Å²) in [7, 11) is -3.80. The smallest absolute Gasteiger partial charge is 0.324 e. The van der Waals surface area contributed by atoms with Gasteiger partial charge in [0.2, 0.25) is 0 Å². The van der Waals surface area contributed by atoms with E-state index < -0.39 is 7.60 Å². The molecular weight excluding hydrogens is 223 g/mol. The highest BCUT2D eigenvalue weighted by atomic mass is 31.2. The Morgan fingerprint density at radius 3 is 2.25 bits per heavy atom. The monoisotopic (exact) mass is 246 g/mol. The first-order chi connectivity index (χ1) is 7.31. The highest BCUT2D eigenvalue weighted by Crippen LogP contribution is 2.35. The lowest BCUT2D eigenvalue weighted by molar-refractivity contribution is 0.372. The predicted molar refractivity (Wildman–Crippen MR) is 68.6 cm³/mol. The summed E-state index contributed by atoms with van der Waals surface area (Å²) in [5.74, 6) is 0. The standard InChI is InChI=1S/C12H23O3P/c1-11(2)7-6-9-12(3)8-4-5-10-16(13,14)15/h7-8H,4-6,9-10H2,1-3H3,(H2,13,14,15)/b12-8+. The van der Waals surface area contributed by atoms with Crippen LogP contribution >= 0.6 is 7.60 Å². The lowest BCUT2D eigenvalue weighted by atomic mass is 10.1. The van der Waals surface area contributed by atoms with Gasteiger partial charge in [-0.05, 0) is 46.5 Å². The molecule has 4 heteroatoms. The summed E-state index contributed by atoms with van der Waals surface area (Å²) in [5, 5.41) is 0. The fraction of sp³-hybridized carbons (Fsp3) is 0.667. The van der Waals surface area contributed by atoms with Gasteiger partial charge in [-0.15, -0.1) is 0 Å². The molecule has 0 aliphatic rings. The maximum absolute atomic E-state index is 10.6. The number of rotatable bonds is 7. The first-order valence-electron chi connectivity index (χ1n) is 5.65. The lowest BCUT2D eigenvalue weighted by Crippen LogP contribution is -1.87. The van der Waals surface area contributed by atoms with E-state index in [1.807, 2.05) is 0 Å². The van der Waals surface area contributed by atoms with Gasteiger partial charge in [0.1, 0.15) is 0 Å². The van der Waals surface area contributed by atoms with Crippen LogP contribution in [-0.4, -0.2) is 15.9 Å². The van der Waals surface area contributed by atoms with Crippen LogP contribution in [0.3, 0.4) is 0 Å². The minimum Gasteiger partial charge on any atom is -0.324 e. The molecular formula is C12H23O3P. The number of allylic oxidation sites excluding steroid dienone is 4. The van der Waals surface area contributed by atoms with Gasteiger partial charge in [-0.25, -0.2) is 0 Å². The zero-order valence-corrected chi connectivity index (χ0v) is 11.3. The molecule has 0 spiro atoms. The number of hydrogen-bond donors (Lipinski definition) is 2. The van der Waals surface area contributed by atoms with Crippen LogP contribution in [0.2, 0.25) is 0 Å². The van der Waals surface area contributed by atoms with Gasteiger partial charge in [0.05, 0.1) is 6.16 Å². The first kappa shape index (κ1) is 15.6. The molecule has 0 aromatic rings. The molecule has 2 N–H and O–H groups in total. The van der Waals surface area contributed by atoms with Crippen LogP contribution in [0, 0.1) is 0 Å². The Balaban J connectivity index is 3.71. The van der Waals surface area contributed by atoms with Crippen LogP contribution in [0.5, 0.6) is 0 Å². The van der Waals surface area contributed by atoms with Crippen molar-refractivity contribution in [2.24, 2.45) is 0 Å². The second-order valence-corrected chi connectivity index (χ2v) is 6.18. The third-order valence-electron chi connectivity index (χ3n) is 2.24. The summed E-state index contributed by atoms with van der Waals surface area (Å²) in [6, 6.07) is 0. The molecule has 0 radical (unpaired) electrons. The van der Waals surface area contributed by atoms with Crippen LogP contribution in [0.1, 0.15) is 46.5 Å². The zero-order valence-electron chi connectivity index (χ0n) is 10.4. The van der Waals surface area contributed by atoms with Gasteiger partial charge in [-0.2, -0.15) is 0 Å². The third-order valence-corrected chi connectivity index (χ3v) is 3.14. The number of unbranched alkanes of at least 4 members (excludes halogenated alkanes) is 1. The Hall–Kier alpha value is -0.370. The van der Waals surface area contributed by atoms with E-state index in [1.165, 1.54) is 11.1 Å². The van der Waals surface area contributed by atoms with Crippen molar-refractivity contribution in [2.75, 3.05) is 6.16 Å². The molecule has 0 unspecified atom stereocenters. The molecule has 0 saturated carbocycles. The van der Waals surface area contributed by atoms with Gasteiger partial charge in [-0.1, -0.05) is 23.3 Å². The average Bonchev–Trinajstić information content (AvgIpc) is 2.10. The number of hydrogen-bond acceptors (Lipinski definition) is 1. The fourth-order valence-corrected chi connectivity index (χ4v) is 1.93. The van der Waals surface area contributed by atoms with E-state index in [2.05, 4.69) is 32.9 Å². The van der Waals surface area contributed by atoms with Crippen LogP contribution in [0.25, 0.3) is 0 Å². The van der Waals surface area contributed by atoms with Crippen molar-refractivity contribution in [2.45, 2.75) is 46.5 Å². The predicted octanol–water partition coefficient (Wildman–Crippen LogP) is 3.64. The molecule has 0 aromatic heterocycles. The van der Waals surface area contributed by atoms with Crippen molar-refractivity contribution in [3.05, 3.63) is 23.3 Å². The van der Waals surface area contributed by atoms with Crippen molar-refractivity contribution in [1.29, 1.82) is 0 Å². The van der Waals surface area contributed by atoms with Gasteiger partial charge in [0.25, 0.3) is 0 Å². The van der Waals surface area contributed by atoms with Gasteiger partial charge >= 0.3 is 7.60 Å². The molecule has 0 rings (SSSR count). The zero-order chi connectivity index (χ0) is 12.6. The van der Waals surface area contributed by atoms with E-state index in [-0.39, 0.29) is 6.16 Å². The van der Waals surface area contributed by atoms with E-state index >= 15 is 0 Å². The van der Waals surface area contributed by atoms with Crippen LogP contribution < -0.4 is 0 Å². The Morgan fingerprint density at radius 2 is 1.75 bits per heavy atom. The summed E-state index contributed by atoms with van der Waals surface area (Å²) < 4.78 is 10.6. The highest BCUT2D eigenvalue weighted by Gasteiger charge is 2.10. The molecule has 0 bridgehead atoms. The van der Waals surface area contributed by atoms with Crippen molar-refractivity contribution >= 4 is 7.60 Å². The van der Waals surface area contributed by atoms with Crippen molar-refractivity contribution < 1.29 is 14.4 Å². The molecule has 0 atom stereocenters. The summed E-state index contributed by atoms with van der Waals surface area (Å²) in [5.41, 5.74) is 2.62. The van der Waals surface area contributed by atoms with Crippen molar-refractivity contribution in [3.8, 4) is 0 Å². The normalized spacial score (nSPS) is 12.7. The van der Waals surface area contributed by atoms with E-state index in [4.69, 9.17) is 9.79 Å². The van der Waals surface area contributed by atoms with Gasteiger partial charge in [0.15, 0.2) is 0 Å². The van der Waals surface area contributed by atoms with E-state index in [9.17, 15) is 4.57 Å². The minimum absolute atomic E-state index is 0.00918. The minimum atomic E-state index is -3.80. The maximum atomic E-state index is 10.6. The summed E-state index contributed by atoms with van der Waals surface area (Å²) in [6.45, 7) is 6.23. The quantitative estimate of drug-likeness (QED) is 0.409. The average molecular weight is 246 g/mol. The molecule has 16 heavy (non-hydrogen) atoms. The van der Waals surface area contributed by atoms with E-state index in [0.29, 0.717) is 6.42 Å². The molecule has 0 aliphatic carbocycles. The van der Waals surface area contributed by atoms with Crippen LogP contribution in [0.4, 0.5) is 0 Å². The van der Waals surface area contributed by atoms with Crippen LogP contribution in [-0.2, 0) is 4.57 Å². The Kier molecular flexibility index (Phi) is 7.65. The summed E-state index contributed by atoms with van der Waals surface area (Å²) >= 11 is 0. The van der Waals surface area contributed by atoms with Gasteiger partial charge in [0, 0.05) is 0 Å². The maximum Gasteiger partial charge on any atom is 0.325 e.